The second-order valence-electron chi connectivity index (χ2n) is 5.40. The molecule has 1 nitrogen and oxygen atoms in total. The first-order valence-corrected chi connectivity index (χ1v) is 6.83. The minimum absolute atomic E-state index is 0.150. The fraction of sp³-hybridized carbons (Fsp3) is 0.500. The third-order valence-electron chi connectivity index (χ3n) is 3.86. The Balaban J connectivity index is 2.14. The first-order valence-electron chi connectivity index (χ1n) is 6.83. The Morgan fingerprint density at radius 1 is 1.44 bits per heavy atom. The largest absolute Gasteiger partial charge is 0.345 e. The predicted molar refractivity (Wildman–Crippen MR) is 74.4 cm³/mol. The van der Waals surface area contributed by atoms with Crippen molar-refractivity contribution in [3.05, 3.63) is 48.1 Å². The standard InChI is InChI=1S/C16H22FN/c1-4-13(3)14-7-8-18(11-15(17)10-14)16-6-5-12(2)9-16/h5-8,10-13,16H,4,9H2,1-3H3. The van der Waals surface area contributed by atoms with E-state index in [4.69, 9.17) is 0 Å². The molecule has 0 saturated carbocycles. The van der Waals surface area contributed by atoms with Crippen molar-refractivity contribution in [2.45, 2.75) is 39.7 Å². The van der Waals surface area contributed by atoms with Gasteiger partial charge in [0.1, 0.15) is 5.83 Å². The first kappa shape index (κ1) is 13.1. The van der Waals surface area contributed by atoms with Crippen LogP contribution in [-0.2, 0) is 0 Å². The van der Waals surface area contributed by atoms with E-state index in [1.165, 1.54) is 0 Å². The van der Waals surface area contributed by atoms with E-state index in [1.54, 1.807) is 12.3 Å². The fourth-order valence-electron chi connectivity index (χ4n) is 2.43. The summed E-state index contributed by atoms with van der Waals surface area (Å²) in [5, 5.41) is 0. The summed E-state index contributed by atoms with van der Waals surface area (Å²) in [6.45, 7) is 6.46. The van der Waals surface area contributed by atoms with Crippen LogP contribution in [0.3, 0.4) is 0 Å². The number of halogens is 1. The van der Waals surface area contributed by atoms with Crippen LogP contribution in [0.15, 0.2) is 48.1 Å². The smallest absolute Gasteiger partial charge is 0.139 e. The molecule has 2 heteroatoms. The van der Waals surface area contributed by atoms with Gasteiger partial charge in [0.15, 0.2) is 0 Å². The maximum atomic E-state index is 13.9. The van der Waals surface area contributed by atoms with E-state index in [0.717, 1.165) is 18.4 Å². The van der Waals surface area contributed by atoms with Crippen LogP contribution in [0.2, 0.25) is 0 Å². The van der Waals surface area contributed by atoms with Gasteiger partial charge in [0.25, 0.3) is 0 Å². The molecular formula is C16H22FN. The second kappa shape index (κ2) is 5.55. The third kappa shape index (κ3) is 2.92. The van der Waals surface area contributed by atoms with E-state index >= 15 is 0 Å². The summed E-state index contributed by atoms with van der Waals surface area (Å²) in [5.74, 6) is 0.840. The zero-order valence-electron chi connectivity index (χ0n) is 11.4. The number of hydrogen-bond donors (Lipinski definition) is 0. The molecule has 18 heavy (non-hydrogen) atoms. The van der Waals surface area contributed by atoms with Crippen LogP contribution in [0, 0.1) is 11.8 Å². The van der Waals surface area contributed by atoms with Gasteiger partial charge in [-0.2, -0.15) is 0 Å². The molecule has 2 aliphatic rings. The van der Waals surface area contributed by atoms with Gasteiger partial charge in [-0.3, -0.25) is 0 Å². The quantitative estimate of drug-likeness (QED) is 0.661. The van der Waals surface area contributed by atoms with Crippen molar-refractivity contribution in [2.75, 3.05) is 0 Å². The molecule has 0 N–H and O–H groups in total. The highest BCUT2D eigenvalue weighted by molar-refractivity contribution is 5.32. The Kier molecular flexibility index (Phi) is 4.05. The molecule has 0 radical (unpaired) electrons. The summed E-state index contributed by atoms with van der Waals surface area (Å²) in [6.07, 6.45) is 13.8. The van der Waals surface area contributed by atoms with Crippen molar-refractivity contribution in [1.82, 2.24) is 4.90 Å². The van der Waals surface area contributed by atoms with Crippen molar-refractivity contribution < 1.29 is 4.39 Å². The van der Waals surface area contributed by atoms with Gasteiger partial charge in [-0.05, 0) is 42.4 Å². The highest BCUT2D eigenvalue weighted by Crippen LogP contribution is 2.27. The second-order valence-corrected chi connectivity index (χ2v) is 5.40. The Morgan fingerprint density at radius 2 is 2.22 bits per heavy atom. The molecule has 3 atom stereocenters. The lowest BCUT2D eigenvalue weighted by atomic mass is 9.98. The Hall–Kier alpha value is -1.31. The van der Waals surface area contributed by atoms with Crippen LogP contribution in [0.25, 0.3) is 0 Å². The number of hydrogen-bond acceptors (Lipinski definition) is 1. The van der Waals surface area contributed by atoms with Crippen LogP contribution >= 0.6 is 0 Å². The molecule has 1 heterocycles. The highest BCUT2D eigenvalue weighted by Gasteiger charge is 2.20. The minimum Gasteiger partial charge on any atom is -0.345 e. The lowest BCUT2D eigenvalue weighted by Crippen LogP contribution is -2.22. The molecule has 0 amide bonds. The lowest BCUT2D eigenvalue weighted by molar-refractivity contribution is 0.388. The minimum atomic E-state index is -0.150. The summed E-state index contributed by atoms with van der Waals surface area (Å²) in [5.41, 5.74) is 1.07. The third-order valence-corrected chi connectivity index (χ3v) is 3.86. The molecule has 0 spiro atoms. The number of nitrogens with zero attached hydrogens (tertiary/aromatic N) is 1. The average molecular weight is 247 g/mol. The molecule has 0 aromatic rings. The van der Waals surface area contributed by atoms with Crippen molar-refractivity contribution in [3.63, 3.8) is 0 Å². The van der Waals surface area contributed by atoms with Crippen LogP contribution < -0.4 is 0 Å². The van der Waals surface area contributed by atoms with Crippen LogP contribution in [0.4, 0.5) is 4.39 Å². The monoisotopic (exact) mass is 247 g/mol. The normalized spacial score (nSPS) is 29.0. The van der Waals surface area contributed by atoms with Gasteiger partial charge in [0, 0.05) is 12.4 Å². The Labute approximate surface area is 109 Å². The number of rotatable bonds is 3. The molecule has 0 fully saturated rings. The van der Waals surface area contributed by atoms with Crippen LogP contribution in [0.5, 0.6) is 0 Å². The van der Waals surface area contributed by atoms with Gasteiger partial charge in [-0.1, -0.05) is 32.9 Å². The lowest BCUT2D eigenvalue weighted by Gasteiger charge is -2.22. The topological polar surface area (TPSA) is 3.24 Å². The molecule has 0 saturated heterocycles. The van der Waals surface area contributed by atoms with Gasteiger partial charge >= 0.3 is 0 Å². The SMILES string of the molecule is CCC(C)C1=CC(F)=CN(C2C=CC(C)C2)C=C1. The van der Waals surface area contributed by atoms with Crippen molar-refractivity contribution >= 4 is 0 Å². The van der Waals surface area contributed by atoms with E-state index in [0.29, 0.717) is 17.9 Å². The molecular weight excluding hydrogens is 225 g/mol. The molecule has 98 valence electrons. The summed E-state index contributed by atoms with van der Waals surface area (Å²) < 4.78 is 13.9. The van der Waals surface area contributed by atoms with Crippen molar-refractivity contribution in [3.8, 4) is 0 Å². The molecule has 0 aromatic heterocycles. The summed E-state index contributed by atoms with van der Waals surface area (Å²) in [7, 11) is 0. The van der Waals surface area contributed by atoms with E-state index in [-0.39, 0.29) is 5.83 Å². The summed E-state index contributed by atoms with van der Waals surface area (Å²) in [4.78, 5) is 1.99. The van der Waals surface area contributed by atoms with Gasteiger partial charge in [0.05, 0.1) is 6.04 Å². The Morgan fingerprint density at radius 3 is 2.83 bits per heavy atom. The van der Waals surface area contributed by atoms with Crippen LogP contribution in [-0.4, -0.2) is 10.9 Å². The van der Waals surface area contributed by atoms with Crippen molar-refractivity contribution in [1.29, 1.82) is 0 Å². The summed E-state index contributed by atoms with van der Waals surface area (Å²) >= 11 is 0. The Bertz CT molecular complexity index is 417. The molecule has 0 bridgehead atoms. The van der Waals surface area contributed by atoms with E-state index in [9.17, 15) is 4.39 Å². The highest BCUT2D eigenvalue weighted by atomic mass is 19.1. The molecule has 1 aliphatic carbocycles. The molecule has 3 unspecified atom stereocenters. The predicted octanol–water partition coefficient (Wildman–Crippen LogP) is 4.56. The maximum absolute atomic E-state index is 13.9. The zero-order chi connectivity index (χ0) is 13.1. The molecule has 0 aromatic carbocycles. The average Bonchev–Trinajstić information content (AvgIpc) is 2.68. The zero-order valence-corrected chi connectivity index (χ0v) is 11.4. The molecule has 2 rings (SSSR count). The van der Waals surface area contributed by atoms with E-state index in [1.807, 2.05) is 17.2 Å². The van der Waals surface area contributed by atoms with Gasteiger partial charge < -0.3 is 4.90 Å². The van der Waals surface area contributed by atoms with Crippen molar-refractivity contribution in [2.24, 2.45) is 11.8 Å². The van der Waals surface area contributed by atoms with Gasteiger partial charge in [-0.25, -0.2) is 4.39 Å². The number of allylic oxidation sites excluding steroid dienone is 5. The molecule has 1 aliphatic heterocycles. The maximum Gasteiger partial charge on any atom is 0.139 e. The van der Waals surface area contributed by atoms with Gasteiger partial charge in [0.2, 0.25) is 0 Å². The first-order chi connectivity index (χ1) is 8.60. The summed E-state index contributed by atoms with van der Waals surface area (Å²) in [6, 6.07) is 0.298. The van der Waals surface area contributed by atoms with E-state index in [2.05, 4.69) is 32.9 Å². The van der Waals surface area contributed by atoms with Crippen LogP contribution in [0.1, 0.15) is 33.6 Å². The van der Waals surface area contributed by atoms with Gasteiger partial charge in [-0.15, -0.1) is 0 Å². The fourth-order valence-corrected chi connectivity index (χ4v) is 2.43. The van der Waals surface area contributed by atoms with E-state index < -0.39 is 0 Å².